The lowest BCUT2D eigenvalue weighted by molar-refractivity contribution is 0.109. The van der Waals surface area contributed by atoms with Crippen molar-refractivity contribution in [2.45, 2.75) is 26.4 Å². The van der Waals surface area contributed by atoms with Crippen molar-refractivity contribution < 1.29 is 4.74 Å². The fraction of sp³-hybridized carbons (Fsp3) is 0.250. The third-order valence-electron chi connectivity index (χ3n) is 2.86. The second kappa shape index (κ2) is 4.62. The number of hydrogen-bond acceptors (Lipinski definition) is 1. The first-order chi connectivity index (χ1) is 8.08. The van der Waals surface area contributed by atoms with Crippen molar-refractivity contribution in [2.75, 3.05) is 0 Å². The lowest BCUT2D eigenvalue weighted by Crippen LogP contribution is -2.25. The van der Waals surface area contributed by atoms with Crippen LogP contribution in [0.1, 0.15) is 25.0 Å². The number of rotatable bonds is 3. The summed E-state index contributed by atoms with van der Waals surface area (Å²) in [5.41, 5.74) is 2.12. The first kappa shape index (κ1) is 11.7. The third-order valence-corrected chi connectivity index (χ3v) is 2.86. The van der Waals surface area contributed by atoms with Crippen LogP contribution in [0.5, 0.6) is 5.75 Å². The highest BCUT2D eigenvalue weighted by Gasteiger charge is 2.21. The Balaban J connectivity index is 2.20. The van der Waals surface area contributed by atoms with Crippen molar-refractivity contribution in [1.82, 2.24) is 0 Å². The molecule has 0 atom stereocenters. The molecule has 0 spiro atoms. The van der Waals surface area contributed by atoms with E-state index in [-0.39, 0.29) is 5.60 Å². The van der Waals surface area contributed by atoms with Crippen LogP contribution >= 0.6 is 0 Å². The highest BCUT2D eigenvalue weighted by molar-refractivity contribution is 5.29. The summed E-state index contributed by atoms with van der Waals surface area (Å²) in [7, 11) is 0. The van der Waals surface area contributed by atoms with Gasteiger partial charge in [0.05, 0.1) is 0 Å². The number of ether oxygens (including phenoxy) is 1. The minimum atomic E-state index is -0.309. The van der Waals surface area contributed by atoms with Crippen LogP contribution in [0.3, 0.4) is 0 Å². The molecule has 0 unspecified atom stereocenters. The fourth-order valence-corrected chi connectivity index (χ4v) is 1.80. The van der Waals surface area contributed by atoms with E-state index in [9.17, 15) is 0 Å². The predicted octanol–water partition coefficient (Wildman–Crippen LogP) is 4.31. The minimum absolute atomic E-state index is 0.309. The van der Waals surface area contributed by atoms with E-state index in [0.29, 0.717) is 0 Å². The summed E-state index contributed by atoms with van der Waals surface area (Å²) in [4.78, 5) is 0. The van der Waals surface area contributed by atoms with E-state index in [1.54, 1.807) is 0 Å². The molecular formula is C16H18O. The van der Waals surface area contributed by atoms with Crippen LogP contribution in [0.25, 0.3) is 0 Å². The van der Waals surface area contributed by atoms with Crippen LogP contribution in [-0.2, 0) is 5.60 Å². The molecule has 0 heterocycles. The molecule has 0 amide bonds. The Morgan fingerprint density at radius 3 is 2.00 bits per heavy atom. The van der Waals surface area contributed by atoms with Crippen molar-refractivity contribution in [3.63, 3.8) is 0 Å². The summed E-state index contributed by atoms with van der Waals surface area (Å²) in [5.74, 6) is 0.907. The Kier molecular flexibility index (Phi) is 3.19. The zero-order valence-electron chi connectivity index (χ0n) is 10.6. The molecule has 2 rings (SSSR count). The Hall–Kier alpha value is -1.76. The lowest BCUT2D eigenvalue weighted by Gasteiger charge is -2.27. The van der Waals surface area contributed by atoms with E-state index in [4.69, 9.17) is 4.74 Å². The Morgan fingerprint density at radius 2 is 1.41 bits per heavy atom. The van der Waals surface area contributed by atoms with Gasteiger partial charge in [0.25, 0.3) is 0 Å². The minimum Gasteiger partial charge on any atom is -0.483 e. The SMILES string of the molecule is Cc1ccc(OC(C)(C)c2ccccc2)cc1. The van der Waals surface area contributed by atoms with Gasteiger partial charge < -0.3 is 4.74 Å². The van der Waals surface area contributed by atoms with Crippen LogP contribution in [0, 0.1) is 6.92 Å². The van der Waals surface area contributed by atoms with Gasteiger partial charge >= 0.3 is 0 Å². The van der Waals surface area contributed by atoms with Gasteiger partial charge in [-0.3, -0.25) is 0 Å². The number of hydrogen-bond donors (Lipinski definition) is 0. The highest BCUT2D eigenvalue weighted by Crippen LogP contribution is 2.27. The second-order valence-electron chi connectivity index (χ2n) is 4.79. The topological polar surface area (TPSA) is 9.23 Å². The first-order valence-corrected chi connectivity index (χ1v) is 5.89. The van der Waals surface area contributed by atoms with Gasteiger partial charge in [-0.25, -0.2) is 0 Å². The average molecular weight is 226 g/mol. The Labute approximate surface area is 103 Å². The molecular weight excluding hydrogens is 208 g/mol. The molecule has 0 radical (unpaired) electrons. The van der Waals surface area contributed by atoms with Crippen molar-refractivity contribution in [1.29, 1.82) is 0 Å². The van der Waals surface area contributed by atoms with Crippen LogP contribution in [-0.4, -0.2) is 0 Å². The maximum atomic E-state index is 6.04. The zero-order chi connectivity index (χ0) is 12.3. The maximum absolute atomic E-state index is 6.04. The molecule has 88 valence electrons. The molecule has 1 nitrogen and oxygen atoms in total. The van der Waals surface area contributed by atoms with Gasteiger partial charge in [-0.05, 0) is 38.5 Å². The Morgan fingerprint density at radius 1 is 0.824 bits per heavy atom. The zero-order valence-corrected chi connectivity index (χ0v) is 10.6. The van der Waals surface area contributed by atoms with Crippen molar-refractivity contribution >= 4 is 0 Å². The molecule has 0 fully saturated rings. The normalized spacial score (nSPS) is 11.2. The van der Waals surface area contributed by atoms with E-state index < -0.39 is 0 Å². The monoisotopic (exact) mass is 226 g/mol. The van der Waals surface area contributed by atoms with E-state index in [0.717, 1.165) is 5.75 Å². The van der Waals surface area contributed by atoms with Gasteiger partial charge in [0, 0.05) is 0 Å². The summed E-state index contributed by atoms with van der Waals surface area (Å²) in [6.07, 6.45) is 0. The molecule has 0 aliphatic heterocycles. The molecule has 0 aromatic heterocycles. The van der Waals surface area contributed by atoms with Crippen molar-refractivity contribution in [3.8, 4) is 5.75 Å². The number of aryl methyl sites for hydroxylation is 1. The van der Waals surface area contributed by atoms with Crippen molar-refractivity contribution in [3.05, 3.63) is 65.7 Å². The summed E-state index contributed by atoms with van der Waals surface area (Å²) >= 11 is 0. The van der Waals surface area contributed by atoms with Crippen LogP contribution in [0.2, 0.25) is 0 Å². The fourth-order valence-electron chi connectivity index (χ4n) is 1.80. The van der Waals surface area contributed by atoms with Crippen LogP contribution < -0.4 is 4.74 Å². The van der Waals surface area contributed by atoms with Crippen LogP contribution in [0.15, 0.2) is 54.6 Å². The molecule has 0 saturated heterocycles. The molecule has 0 bridgehead atoms. The van der Waals surface area contributed by atoms with E-state index in [1.165, 1.54) is 11.1 Å². The molecule has 1 heteroatoms. The molecule has 0 N–H and O–H groups in total. The predicted molar refractivity (Wildman–Crippen MR) is 71.3 cm³/mol. The summed E-state index contributed by atoms with van der Waals surface area (Å²) in [6, 6.07) is 18.4. The maximum Gasteiger partial charge on any atom is 0.128 e. The van der Waals surface area contributed by atoms with Gasteiger partial charge in [0.1, 0.15) is 11.4 Å². The number of benzene rings is 2. The molecule has 2 aromatic rings. The standard InChI is InChI=1S/C16H18O/c1-13-9-11-15(12-10-13)17-16(2,3)14-7-5-4-6-8-14/h4-12H,1-3H3. The smallest absolute Gasteiger partial charge is 0.128 e. The van der Waals surface area contributed by atoms with Gasteiger partial charge in [0.2, 0.25) is 0 Å². The molecule has 17 heavy (non-hydrogen) atoms. The molecule has 0 aliphatic carbocycles. The Bertz CT molecular complexity index is 469. The summed E-state index contributed by atoms with van der Waals surface area (Å²) in [5, 5.41) is 0. The third kappa shape index (κ3) is 2.88. The molecule has 2 aromatic carbocycles. The lowest BCUT2D eigenvalue weighted by atomic mass is 9.98. The van der Waals surface area contributed by atoms with Crippen molar-refractivity contribution in [2.24, 2.45) is 0 Å². The highest BCUT2D eigenvalue weighted by atomic mass is 16.5. The largest absolute Gasteiger partial charge is 0.483 e. The van der Waals surface area contributed by atoms with Gasteiger partial charge in [-0.1, -0.05) is 48.0 Å². The van der Waals surface area contributed by atoms with Crippen LogP contribution in [0.4, 0.5) is 0 Å². The van der Waals surface area contributed by atoms with E-state index >= 15 is 0 Å². The van der Waals surface area contributed by atoms with E-state index in [2.05, 4.69) is 45.0 Å². The summed E-state index contributed by atoms with van der Waals surface area (Å²) < 4.78 is 6.04. The first-order valence-electron chi connectivity index (χ1n) is 5.89. The second-order valence-corrected chi connectivity index (χ2v) is 4.79. The molecule has 0 saturated carbocycles. The van der Waals surface area contributed by atoms with Gasteiger partial charge in [-0.2, -0.15) is 0 Å². The molecule has 0 aliphatic rings. The summed E-state index contributed by atoms with van der Waals surface area (Å²) in [6.45, 7) is 6.25. The van der Waals surface area contributed by atoms with Gasteiger partial charge in [-0.15, -0.1) is 0 Å². The average Bonchev–Trinajstić information content (AvgIpc) is 2.33. The quantitative estimate of drug-likeness (QED) is 0.757. The van der Waals surface area contributed by atoms with Gasteiger partial charge in [0.15, 0.2) is 0 Å². The van der Waals surface area contributed by atoms with E-state index in [1.807, 2.05) is 30.3 Å².